The molecule has 0 saturated heterocycles. The first-order valence-corrected chi connectivity index (χ1v) is 11.9. The maximum Gasteiger partial charge on any atom is 0.276 e. The smallest absolute Gasteiger partial charge is 0.276 e. The summed E-state index contributed by atoms with van der Waals surface area (Å²) >= 11 is 6.17. The van der Waals surface area contributed by atoms with Gasteiger partial charge in [-0.25, -0.2) is 13.1 Å². The van der Waals surface area contributed by atoms with E-state index in [1.54, 1.807) is 24.3 Å². The molecular formula is C23H18ClN3O4S. The highest BCUT2D eigenvalue weighted by atomic mass is 35.5. The van der Waals surface area contributed by atoms with E-state index in [9.17, 15) is 18.0 Å². The molecule has 0 radical (unpaired) electrons. The van der Waals surface area contributed by atoms with E-state index >= 15 is 0 Å². The number of nitrogens with zero attached hydrogens (tertiary/aromatic N) is 2. The first-order valence-electron chi connectivity index (χ1n) is 9.59. The predicted octanol–water partition coefficient (Wildman–Crippen LogP) is 3.75. The van der Waals surface area contributed by atoms with Crippen molar-refractivity contribution < 1.29 is 13.2 Å². The Morgan fingerprint density at radius 1 is 1.00 bits per heavy atom. The summed E-state index contributed by atoms with van der Waals surface area (Å²) in [7, 11) is -3.50. The van der Waals surface area contributed by atoms with Crippen molar-refractivity contribution in [3.63, 3.8) is 0 Å². The Balaban J connectivity index is 1.79. The van der Waals surface area contributed by atoms with Crippen LogP contribution in [0, 0.1) is 0 Å². The van der Waals surface area contributed by atoms with Gasteiger partial charge in [-0.3, -0.25) is 9.59 Å². The van der Waals surface area contributed by atoms with E-state index in [-0.39, 0.29) is 33.4 Å². The molecule has 7 nitrogen and oxygen atoms in total. The van der Waals surface area contributed by atoms with E-state index in [0.29, 0.717) is 10.8 Å². The van der Waals surface area contributed by atoms with Crippen LogP contribution in [0.4, 0.5) is 5.69 Å². The quantitative estimate of drug-likeness (QED) is 0.482. The molecule has 4 rings (SSSR count). The van der Waals surface area contributed by atoms with Gasteiger partial charge in [0.25, 0.3) is 11.5 Å². The van der Waals surface area contributed by atoms with Crippen molar-refractivity contribution in [1.29, 1.82) is 0 Å². The predicted molar refractivity (Wildman–Crippen MR) is 124 cm³/mol. The number of halogens is 1. The molecule has 1 aromatic heterocycles. The highest BCUT2D eigenvalue weighted by Crippen LogP contribution is 2.26. The molecule has 162 valence electrons. The Morgan fingerprint density at radius 3 is 2.34 bits per heavy atom. The van der Waals surface area contributed by atoms with Gasteiger partial charge in [0.2, 0.25) is 0 Å². The largest absolute Gasteiger partial charge is 0.319 e. The molecular weight excluding hydrogens is 450 g/mol. The lowest BCUT2D eigenvalue weighted by Crippen LogP contribution is -2.28. The minimum absolute atomic E-state index is 0.0177. The van der Waals surface area contributed by atoms with Gasteiger partial charge >= 0.3 is 0 Å². The fourth-order valence-electron chi connectivity index (χ4n) is 3.28. The van der Waals surface area contributed by atoms with Crippen LogP contribution in [0.15, 0.2) is 82.5 Å². The SMILES string of the molecule is CS(=O)(=O)c1ccc(Cl)c(NC(=O)c2nn(Cc3ccccc3)c(=O)c3ccccc23)c1. The van der Waals surface area contributed by atoms with Crippen molar-refractivity contribution >= 4 is 43.8 Å². The topological polar surface area (TPSA) is 98.1 Å². The number of aromatic nitrogens is 2. The second-order valence-corrected chi connectivity index (χ2v) is 9.63. The average molecular weight is 468 g/mol. The number of carbonyl (C=O) groups excluding carboxylic acids is 1. The van der Waals surface area contributed by atoms with Crippen molar-refractivity contribution in [2.45, 2.75) is 11.4 Å². The summed E-state index contributed by atoms with van der Waals surface area (Å²) in [4.78, 5) is 26.1. The third kappa shape index (κ3) is 4.42. The number of amides is 1. The minimum Gasteiger partial charge on any atom is -0.319 e. The molecule has 32 heavy (non-hydrogen) atoms. The summed E-state index contributed by atoms with van der Waals surface area (Å²) in [5.74, 6) is -0.615. The van der Waals surface area contributed by atoms with E-state index < -0.39 is 15.7 Å². The van der Waals surface area contributed by atoms with Crippen LogP contribution in [0.25, 0.3) is 10.8 Å². The standard InChI is InChI=1S/C23H18ClN3O4S/c1-32(30,31)16-11-12-19(24)20(13-16)25-22(28)21-17-9-5-6-10-18(17)23(29)27(26-21)14-15-7-3-2-4-8-15/h2-13H,14H2,1H3,(H,25,28). The first kappa shape index (κ1) is 21.7. The molecule has 0 aliphatic heterocycles. The van der Waals surface area contributed by atoms with E-state index in [1.165, 1.54) is 22.9 Å². The maximum absolute atomic E-state index is 13.2. The van der Waals surface area contributed by atoms with Gasteiger partial charge in [0.15, 0.2) is 15.5 Å². The molecule has 4 aromatic rings. The van der Waals surface area contributed by atoms with Gasteiger partial charge in [-0.2, -0.15) is 5.10 Å². The van der Waals surface area contributed by atoms with Crippen LogP contribution in [0.3, 0.4) is 0 Å². The molecule has 9 heteroatoms. The van der Waals surface area contributed by atoms with Crippen LogP contribution < -0.4 is 10.9 Å². The second-order valence-electron chi connectivity index (χ2n) is 7.21. The Labute approximate surface area is 189 Å². The van der Waals surface area contributed by atoms with Gasteiger partial charge in [0.05, 0.1) is 27.5 Å². The zero-order valence-corrected chi connectivity index (χ0v) is 18.5. The number of sulfone groups is 1. The average Bonchev–Trinajstić information content (AvgIpc) is 2.77. The van der Waals surface area contributed by atoms with Crippen molar-refractivity contribution in [2.24, 2.45) is 0 Å². The zero-order valence-electron chi connectivity index (χ0n) is 16.9. The van der Waals surface area contributed by atoms with Gasteiger partial charge in [0.1, 0.15) is 0 Å². The molecule has 3 aromatic carbocycles. The van der Waals surface area contributed by atoms with Gasteiger partial charge < -0.3 is 5.32 Å². The molecule has 1 amide bonds. The Hall–Kier alpha value is -3.49. The van der Waals surface area contributed by atoms with E-state index in [2.05, 4.69) is 10.4 Å². The lowest BCUT2D eigenvalue weighted by atomic mass is 10.1. The second kappa shape index (κ2) is 8.57. The first-order chi connectivity index (χ1) is 15.2. The van der Waals surface area contributed by atoms with Crippen LogP contribution in [0.5, 0.6) is 0 Å². The fraction of sp³-hybridized carbons (Fsp3) is 0.0870. The molecule has 0 bridgehead atoms. The third-order valence-electron chi connectivity index (χ3n) is 4.87. The number of nitrogens with one attached hydrogen (secondary N) is 1. The number of anilines is 1. The molecule has 1 N–H and O–H groups in total. The normalized spacial score (nSPS) is 11.4. The van der Waals surface area contributed by atoms with Crippen molar-refractivity contribution in [1.82, 2.24) is 9.78 Å². The summed E-state index contributed by atoms with van der Waals surface area (Å²) < 4.78 is 25.0. The molecule has 0 unspecified atom stereocenters. The summed E-state index contributed by atoms with van der Waals surface area (Å²) in [5.41, 5.74) is 0.689. The Morgan fingerprint density at radius 2 is 1.66 bits per heavy atom. The number of fused-ring (bicyclic) bond motifs is 1. The van der Waals surface area contributed by atoms with Gasteiger partial charge in [-0.15, -0.1) is 0 Å². The van der Waals surface area contributed by atoms with Crippen LogP contribution in [0.1, 0.15) is 16.1 Å². The lowest BCUT2D eigenvalue weighted by Gasteiger charge is -2.13. The molecule has 0 spiro atoms. The summed E-state index contributed by atoms with van der Waals surface area (Å²) in [6.45, 7) is 0.190. The zero-order chi connectivity index (χ0) is 22.9. The van der Waals surface area contributed by atoms with E-state index in [4.69, 9.17) is 11.6 Å². The van der Waals surface area contributed by atoms with Crippen LogP contribution in [-0.4, -0.2) is 30.4 Å². The molecule has 0 atom stereocenters. The summed E-state index contributed by atoms with van der Waals surface area (Å²) in [5, 5.41) is 7.86. The fourth-order valence-corrected chi connectivity index (χ4v) is 4.09. The van der Waals surface area contributed by atoms with Crippen molar-refractivity contribution in [3.8, 4) is 0 Å². The molecule has 0 aliphatic carbocycles. The van der Waals surface area contributed by atoms with E-state index in [0.717, 1.165) is 11.8 Å². The van der Waals surface area contributed by atoms with Crippen LogP contribution in [-0.2, 0) is 16.4 Å². The highest BCUT2D eigenvalue weighted by Gasteiger charge is 2.19. The number of hydrogen-bond acceptors (Lipinski definition) is 5. The number of hydrogen-bond donors (Lipinski definition) is 1. The van der Waals surface area contributed by atoms with Crippen LogP contribution in [0.2, 0.25) is 5.02 Å². The molecule has 0 aliphatic rings. The van der Waals surface area contributed by atoms with Crippen molar-refractivity contribution in [3.05, 3.63) is 99.4 Å². The Kier molecular flexibility index (Phi) is 5.82. The Bertz CT molecular complexity index is 1500. The van der Waals surface area contributed by atoms with E-state index in [1.807, 2.05) is 30.3 Å². The lowest BCUT2D eigenvalue weighted by molar-refractivity contribution is 0.102. The summed E-state index contributed by atoms with van der Waals surface area (Å²) in [6, 6.07) is 20.0. The molecule has 0 saturated carbocycles. The van der Waals surface area contributed by atoms with Gasteiger partial charge in [0, 0.05) is 11.6 Å². The molecule has 0 fully saturated rings. The van der Waals surface area contributed by atoms with Crippen molar-refractivity contribution in [2.75, 3.05) is 11.6 Å². The minimum atomic E-state index is -3.50. The number of carbonyl (C=O) groups is 1. The van der Waals surface area contributed by atoms with Gasteiger partial charge in [-0.1, -0.05) is 60.1 Å². The summed E-state index contributed by atoms with van der Waals surface area (Å²) in [6.07, 6.45) is 1.07. The monoisotopic (exact) mass is 467 g/mol. The number of benzene rings is 3. The highest BCUT2D eigenvalue weighted by molar-refractivity contribution is 7.90. The molecule has 1 heterocycles. The maximum atomic E-state index is 13.2. The van der Waals surface area contributed by atoms with Gasteiger partial charge in [-0.05, 0) is 29.8 Å². The third-order valence-corrected chi connectivity index (χ3v) is 6.31. The number of rotatable bonds is 5. The van der Waals surface area contributed by atoms with Crippen LogP contribution >= 0.6 is 11.6 Å².